The summed E-state index contributed by atoms with van der Waals surface area (Å²) in [5.74, 6) is -2.50. The molecule has 1 aromatic rings. The van der Waals surface area contributed by atoms with Crippen molar-refractivity contribution < 1.29 is 8.78 Å². The molecule has 4 heteroatoms. The van der Waals surface area contributed by atoms with Gasteiger partial charge in [-0.15, -0.1) is 0 Å². The Kier molecular flexibility index (Phi) is 2.71. The molecular weight excluding hydrogens is 198 g/mol. The first kappa shape index (κ1) is 10.5. The van der Waals surface area contributed by atoms with Crippen molar-refractivity contribution in [3.8, 4) is 0 Å². The SMILES string of the molecule is N[C@H](CN1CC(F)(F)C1)c1ccccc1. The smallest absolute Gasteiger partial charge is 0.272 e. The van der Waals surface area contributed by atoms with E-state index in [4.69, 9.17) is 5.73 Å². The molecule has 0 aromatic heterocycles. The van der Waals surface area contributed by atoms with Gasteiger partial charge >= 0.3 is 0 Å². The van der Waals surface area contributed by atoms with Crippen LogP contribution in [0.25, 0.3) is 0 Å². The van der Waals surface area contributed by atoms with Crippen LogP contribution < -0.4 is 5.73 Å². The molecule has 15 heavy (non-hydrogen) atoms. The number of nitrogens with zero attached hydrogens (tertiary/aromatic N) is 1. The van der Waals surface area contributed by atoms with Gasteiger partial charge in [0.15, 0.2) is 0 Å². The average Bonchev–Trinajstić information content (AvgIpc) is 2.16. The largest absolute Gasteiger partial charge is 0.323 e. The molecule has 82 valence electrons. The van der Waals surface area contributed by atoms with Crippen LogP contribution in [0.4, 0.5) is 8.78 Å². The van der Waals surface area contributed by atoms with Gasteiger partial charge < -0.3 is 5.73 Å². The Bertz CT molecular complexity index is 319. The van der Waals surface area contributed by atoms with Crippen LogP contribution in [-0.2, 0) is 0 Å². The molecule has 1 aliphatic rings. The van der Waals surface area contributed by atoms with Gasteiger partial charge in [-0.25, -0.2) is 8.78 Å². The van der Waals surface area contributed by atoms with Gasteiger partial charge in [-0.05, 0) is 5.56 Å². The van der Waals surface area contributed by atoms with Crippen LogP contribution >= 0.6 is 0 Å². The van der Waals surface area contributed by atoms with E-state index in [-0.39, 0.29) is 19.1 Å². The van der Waals surface area contributed by atoms with E-state index in [0.717, 1.165) is 5.56 Å². The maximum Gasteiger partial charge on any atom is 0.272 e. The topological polar surface area (TPSA) is 29.3 Å². The highest BCUT2D eigenvalue weighted by atomic mass is 19.3. The standard InChI is InChI=1S/C11H14F2N2/c12-11(13)7-15(8-11)6-10(14)9-4-2-1-3-5-9/h1-5,10H,6-8,14H2/t10-/m1/s1. The molecule has 1 heterocycles. The molecule has 1 atom stereocenters. The molecule has 1 fully saturated rings. The summed E-state index contributed by atoms with van der Waals surface area (Å²) in [6, 6.07) is 9.38. The fourth-order valence-corrected chi connectivity index (χ4v) is 1.82. The molecule has 0 bridgehead atoms. The van der Waals surface area contributed by atoms with Crippen LogP contribution in [0.5, 0.6) is 0 Å². The minimum absolute atomic E-state index is 0.159. The van der Waals surface area contributed by atoms with Gasteiger partial charge in [-0.1, -0.05) is 30.3 Å². The molecule has 2 rings (SSSR count). The molecule has 2 nitrogen and oxygen atoms in total. The van der Waals surface area contributed by atoms with Crippen molar-refractivity contribution in [3.63, 3.8) is 0 Å². The second-order valence-electron chi connectivity index (χ2n) is 4.04. The minimum Gasteiger partial charge on any atom is -0.323 e. The molecule has 0 radical (unpaired) electrons. The number of halogens is 2. The van der Waals surface area contributed by atoms with E-state index in [1.165, 1.54) is 0 Å². The first-order valence-corrected chi connectivity index (χ1v) is 4.97. The number of alkyl halides is 2. The average molecular weight is 212 g/mol. The minimum atomic E-state index is -2.50. The van der Waals surface area contributed by atoms with Crippen molar-refractivity contribution >= 4 is 0 Å². The number of hydrogen-bond acceptors (Lipinski definition) is 2. The summed E-state index contributed by atoms with van der Waals surface area (Å²) in [4.78, 5) is 1.68. The van der Waals surface area contributed by atoms with Gasteiger partial charge in [0, 0.05) is 12.6 Å². The Hall–Kier alpha value is -1.00. The van der Waals surface area contributed by atoms with Crippen LogP contribution in [0.3, 0.4) is 0 Å². The van der Waals surface area contributed by atoms with E-state index in [1.54, 1.807) is 4.90 Å². The van der Waals surface area contributed by atoms with E-state index < -0.39 is 5.92 Å². The predicted molar refractivity (Wildman–Crippen MR) is 54.8 cm³/mol. The summed E-state index contributed by atoms with van der Waals surface area (Å²) < 4.78 is 25.1. The number of benzene rings is 1. The van der Waals surface area contributed by atoms with E-state index in [9.17, 15) is 8.78 Å². The van der Waals surface area contributed by atoms with Crippen LogP contribution in [-0.4, -0.2) is 30.5 Å². The highest BCUT2D eigenvalue weighted by molar-refractivity contribution is 5.18. The zero-order valence-corrected chi connectivity index (χ0v) is 8.37. The van der Waals surface area contributed by atoms with Crippen LogP contribution in [0.2, 0.25) is 0 Å². The first-order chi connectivity index (χ1) is 7.07. The molecular formula is C11H14F2N2. The van der Waals surface area contributed by atoms with E-state index in [0.29, 0.717) is 6.54 Å². The normalized spacial score (nSPS) is 22.1. The number of rotatable bonds is 3. The molecule has 1 aliphatic heterocycles. The third-order valence-electron chi connectivity index (χ3n) is 2.59. The Labute approximate surface area is 87.7 Å². The van der Waals surface area contributed by atoms with Gasteiger partial charge in [0.2, 0.25) is 0 Å². The van der Waals surface area contributed by atoms with Crippen LogP contribution in [0, 0.1) is 0 Å². The van der Waals surface area contributed by atoms with Gasteiger partial charge in [-0.2, -0.15) is 0 Å². The molecule has 1 aromatic carbocycles. The first-order valence-electron chi connectivity index (χ1n) is 4.97. The number of nitrogens with two attached hydrogens (primary N) is 1. The molecule has 1 saturated heterocycles. The Morgan fingerprint density at radius 2 is 1.87 bits per heavy atom. The second-order valence-corrected chi connectivity index (χ2v) is 4.04. The van der Waals surface area contributed by atoms with Gasteiger partial charge in [-0.3, -0.25) is 4.90 Å². The van der Waals surface area contributed by atoms with Crippen molar-refractivity contribution in [3.05, 3.63) is 35.9 Å². The zero-order chi connectivity index (χ0) is 10.9. The van der Waals surface area contributed by atoms with E-state index in [2.05, 4.69) is 0 Å². The summed E-state index contributed by atoms with van der Waals surface area (Å²) in [6.07, 6.45) is 0. The lowest BCUT2D eigenvalue weighted by molar-refractivity contribution is -0.131. The van der Waals surface area contributed by atoms with E-state index in [1.807, 2.05) is 30.3 Å². The molecule has 0 unspecified atom stereocenters. The fourth-order valence-electron chi connectivity index (χ4n) is 1.82. The quantitative estimate of drug-likeness (QED) is 0.825. The summed E-state index contributed by atoms with van der Waals surface area (Å²) in [7, 11) is 0. The molecule has 0 spiro atoms. The lowest BCUT2D eigenvalue weighted by Crippen LogP contribution is -2.57. The zero-order valence-electron chi connectivity index (χ0n) is 8.37. The monoisotopic (exact) mass is 212 g/mol. The number of likely N-dealkylation sites (tertiary alicyclic amines) is 1. The van der Waals surface area contributed by atoms with Crippen molar-refractivity contribution in [2.75, 3.05) is 19.6 Å². The lowest BCUT2D eigenvalue weighted by atomic mass is 10.0. The van der Waals surface area contributed by atoms with Gasteiger partial charge in [0.05, 0.1) is 13.1 Å². The number of hydrogen-bond donors (Lipinski definition) is 1. The Balaban J connectivity index is 1.86. The maximum absolute atomic E-state index is 12.6. The second kappa shape index (κ2) is 3.87. The lowest BCUT2D eigenvalue weighted by Gasteiger charge is -2.40. The van der Waals surface area contributed by atoms with Gasteiger partial charge in [0.1, 0.15) is 0 Å². The van der Waals surface area contributed by atoms with Gasteiger partial charge in [0.25, 0.3) is 5.92 Å². The van der Waals surface area contributed by atoms with Crippen molar-refractivity contribution in [2.24, 2.45) is 5.73 Å². The Morgan fingerprint density at radius 1 is 1.27 bits per heavy atom. The highest BCUT2D eigenvalue weighted by Crippen LogP contribution is 2.27. The summed E-state index contributed by atoms with van der Waals surface area (Å²) >= 11 is 0. The molecule has 0 amide bonds. The third-order valence-corrected chi connectivity index (χ3v) is 2.59. The third kappa shape index (κ3) is 2.52. The predicted octanol–water partition coefficient (Wildman–Crippen LogP) is 1.64. The van der Waals surface area contributed by atoms with Crippen molar-refractivity contribution in [1.29, 1.82) is 0 Å². The fraction of sp³-hybridized carbons (Fsp3) is 0.455. The highest BCUT2D eigenvalue weighted by Gasteiger charge is 2.43. The summed E-state index contributed by atoms with van der Waals surface area (Å²) in [6.45, 7) is 0.181. The molecule has 0 saturated carbocycles. The van der Waals surface area contributed by atoms with E-state index >= 15 is 0 Å². The molecule has 0 aliphatic carbocycles. The maximum atomic E-state index is 12.6. The van der Waals surface area contributed by atoms with Crippen molar-refractivity contribution in [1.82, 2.24) is 4.90 Å². The molecule has 2 N–H and O–H groups in total. The summed E-state index contributed by atoms with van der Waals surface area (Å²) in [5, 5.41) is 0. The Morgan fingerprint density at radius 3 is 2.40 bits per heavy atom. The van der Waals surface area contributed by atoms with Crippen molar-refractivity contribution in [2.45, 2.75) is 12.0 Å². The van der Waals surface area contributed by atoms with Crippen LogP contribution in [0.15, 0.2) is 30.3 Å². The van der Waals surface area contributed by atoms with Crippen LogP contribution in [0.1, 0.15) is 11.6 Å². The summed E-state index contributed by atoms with van der Waals surface area (Å²) in [5.41, 5.74) is 6.90.